The minimum Gasteiger partial charge on any atom is -0.482 e. The van der Waals surface area contributed by atoms with Gasteiger partial charge in [-0.25, -0.2) is 13.6 Å². The first-order valence-corrected chi connectivity index (χ1v) is 6.63. The van der Waals surface area contributed by atoms with Crippen LogP contribution in [0.25, 0.3) is 0 Å². The number of anilines is 1. The summed E-state index contributed by atoms with van der Waals surface area (Å²) in [5, 5.41) is 2.11. The summed E-state index contributed by atoms with van der Waals surface area (Å²) < 4.78 is 36.1. The first-order chi connectivity index (χ1) is 11.0. The van der Waals surface area contributed by atoms with E-state index in [0.29, 0.717) is 5.75 Å². The van der Waals surface area contributed by atoms with Gasteiger partial charge < -0.3 is 14.8 Å². The van der Waals surface area contributed by atoms with E-state index in [2.05, 4.69) is 10.1 Å². The van der Waals surface area contributed by atoms with Crippen molar-refractivity contribution in [2.24, 2.45) is 0 Å². The van der Waals surface area contributed by atoms with Crippen LogP contribution >= 0.6 is 0 Å². The zero-order valence-corrected chi connectivity index (χ0v) is 11.9. The summed E-state index contributed by atoms with van der Waals surface area (Å²) in [5.74, 6) is -2.56. The number of esters is 1. The average molecular weight is 321 g/mol. The Morgan fingerprint density at radius 3 is 2.48 bits per heavy atom. The van der Waals surface area contributed by atoms with Crippen molar-refractivity contribution in [3.8, 4) is 5.75 Å². The van der Waals surface area contributed by atoms with Gasteiger partial charge in [0.2, 0.25) is 0 Å². The first-order valence-electron chi connectivity index (χ1n) is 6.63. The van der Waals surface area contributed by atoms with E-state index in [1.807, 2.05) is 0 Å². The molecule has 5 nitrogen and oxygen atoms in total. The summed E-state index contributed by atoms with van der Waals surface area (Å²) in [5.41, 5.74) is -0.327. The molecule has 0 unspecified atom stereocenters. The van der Waals surface area contributed by atoms with Gasteiger partial charge in [0, 0.05) is 6.07 Å². The molecule has 2 aromatic rings. The lowest BCUT2D eigenvalue weighted by molar-refractivity contribution is -0.149. The number of carbonyl (C=O) groups excluding carboxylic acids is 2. The molecule has 1 N–H and O–H groups in total. The van der Waals surface area contributed by atoms with E-state index in [-0.39, 0.29) is 12.3 Å². The summed E-state index contributed by atoms with van der Waals surface area (Å²) in [6.07, 6.45) is 0. The highest BCUT2D eigenvalue weighted by atomic mass is 19.1. The molecular formula is C16H13F2NO4. The molecule has 0 radical (unpaired) electrons. The van der Waals surface area contributed by atoms with Gasteiger partial charge in [-0.1, -0.05) is 18.2 Å². The third-order valence-corrected chi connectivity index (χ3v) is 2.67. The Balaban J connectivity index is 1.75. The Morgan fingerprint density at radius 1 is 1.00 bits per heavy atom. The molecule has 0 saturated heterocycles. The predicted octanol–water partition coefficient (Wildman–Crippen LogP) is 2.53. The smallest absolute Gasteiger partial charge is 0.344 e. The van der Waals surface area contributed by atoms with Crippen LogP contribution in [-0.4, -0.2) is 25.1 Å². The van der Waals surface area contributed by atoms with Crippen molar-refractivity contribution < 1.29 is 27.8 Å². The lowest BCUT2D eigenvalue weighted by Crippen LogP contribution is -2.24. The zero-order valence-electron chi connectivity index (χ0n) is 11.9. The number of nitrogens with one attached hydrogen (secondary N) is 1. The van der Waals surface area contributed by atoms with Crippen molar-refractivity contribution in [3.63, 3.8) is 0 Å². The molecule has 0 saturated carbocycles. The van der Waals surface area contributed by atoms with Crippen molar-refractivity contribution in [1.29, 1.82) is 0 Å². The third kappa shape index (κ3) is 5.39. The van der Waals surface area contributed by atoms with Gasteiger partial charge in [0.25, 0.3) is 5.91 Å². The largest absolute Gasteiger partial charge is 0.482 e. The summed E-state index contributed by atoms with van der Waals surface area (Å²) in [7, 11) is 0. The Kier molecular flexibility index (Phi) is 5.62. The second-order valence-electron chi connectivity index (χ2n) is 4.43. The highest BCUT2D eigenvalue weighted by Gasteiger charge is 2.11. The molecule has 0 aromatic heterocycles. The van der Waals surface area contributed by atoms with Gasteiger partial charge in [-0.3, -0.25) is 4.79 Å². The van der Waals surface area contributed by atoms with Crippen LogP contribution in [0.4, 0.5) is 14.5 Å². The standard InChI is InChI=1S/C16H13F2NO4/c17-11-6-7-13(18)14(8-11)19-15(20)9-23-16(21)10-22-12-4-2-1-3-5-12/h1-8H,9-10H2,(H,19,20). The molecule has 7 heteroatoms. The molecule has 0 atom stereocenters. The van der Waals surface area contributed by atoms with Crippen LogP contribution in [0.15, 0.2) is 48.5 Å². The molecule has 1 amide bonds. The van der Waals surface area contributed by atoms with Crippen molar-refractivity contribution in [1.82, 2.24) is 0 Å². The number of ether oxygens (including phenoxy) is 2. The molecule has 0 aliphatic rings. The number of amides is 1. The van der Waals surface area contributed by atoms with Gasteiger partial charge in [-0.05, 0) is 24.3 Å². The number of para-hydroxylation sites is 1. The molecule has 120 valence electrons. The average Bonchev–Trinajstić information content (AvgIpc) is 2.55. The molecule has 23 heavy (non-hydrogen) atoms. The topological polar surface area (TPSA) is 64.6 Å². The number of hydrogen-bond donors (Lipinski definition) is 1. The quantitative estimate of drug-likeness (QED) is 0.831. The second-order valence-corrected chi connectivity index (χ2v) is 4.43. The van der Waals surface area contributed by atoms with Crippen LogP contribution in [0, 0.1) is 11.6 Å². The fourth-order valence-corrected chi connectivity index (χ4v) is 1.63. The number of hydrogen-bond acceptors (Lipinski definition) is 4. The highest BCUT2D eigenvalue weighted by molar-refractivity contribution is 5.92. The lowest BCUT2D eigenvalue weighted by Gasteiger charge is -2.08. The number of halogens is 2. The zero-order chi connectivity index (χ0) is 16.7. The van der Waals surface area contributed by atoms with Gasteiger partial charge in [-0.15, -0.1) is 0 Å². The van der Waals surface area contributed by atoms with Gasteiger partial charge in [0.05, 0.1) is 5.69 Å². The second kappa shape index (κ2) is 7.88. The van der Waals surface area contributed by atoms with Crippen LogP contribution < -0.4 is 10.1 Å². The van der Waals surface area contributed by atoms with Crippen LogP contribution in [0.1, 0.15) is 0 Å². The van der Waals surface area contributed by atoms with E-state index >= 15 is 0 Å². The first kappa shape index (κ1) is 16.4. The predicted molar refractivity (Wildman–Crippen MR) is 77.9 cm³/mol. The molecule has 0 spiro atoms. The maximum absolute atomic E-state index is 13.3. The summed E-state index contributed by atoms with van der Waals surface area (Å²) in [4.78, 5) is 23.0. The van der Waals surface area contributed by atoms with Gasteiger partial charge in [0.1, 0.15) is 17.4 Å². The summed E-state index contributed by atoms with van der Waals surface area (Å²) >= 11 is 0. The molecule has 2 aromatic carbocycles. The molecule has 2 rings (SSSR count). The van der Waals surface area contributed by atoms with E-state index in [1.165, 1.54) is 0 Å². The Hall–Kier alpha value is -2.96. The molecule has 0 heterocycles. The van der Waals surface area contributed by atoms with Gasteiger partial charge in [-0.2, -0.15) is 0 Å². The number of benzene rings is 2. The third-order valence-electron chi connectivity index (χ3n) is 2.67. The van der Waals surface area contributed by atoms with E-state index in [0.717, 1.165) is 18.2 Å². The highest BCUT2D eigenvalue weighted by Crippen LogP contribution is 2.15. The molecule has 0 fully saturated rings. The Labute approximate surface area is 130 Å². The SMILES string of the molecule is O=C(COC(=O)COc1ccccc1)Nc1cc(F)ccc1F. The van der Waals surface area contributed by atoms with Gasteiger partial charge >= 0.3 is 5.97 Å². The van der Waals surface area contributed by atoms with Crippen LogP contribution in [0.5, 0.6) is 5.75 Å². The number of carbonyl (C=O) groups is 2. The normalized spacial score (nSPS) is 10.0. The summed E-state index contributed by atoms with van der Waals surface area (Å²) in [6, 6.07) is 11.2. The fraction of sp³-hybridized carbons (Fsp3) is 0.125. The fourth-order valence-electron chi connectivity index (χ4n) is 1.63. The van der Waals surface area contributed by atoms with E-state index in [9.17, 15) is 18.4 Å². The molecular weight excluding hydrogens is 308 g/mol. The van der Waals surface area contributed by atoms with Crippen molar-refractivity contribution in [2.45, 2.75) is 0 Å². The van der Waals surface area contributed by atoms with Crippen LogP contribution in [0.3, 0.4) is 0 Å². The molecule has 0 aliphatic heterocycles. The van der Waals surface area contributed by atoms with E-state index in [4.69, 9.17) is 4.74 Å². The maximum Gasteiger partial charge on any atom is 0.344 e. The monoisotopic (exact) mass is 321 g/mol. The minimum atomic E-state index is -0.793. The van der Waals surface area contributed by atoms with Crippen molar-refractivity contribution >= 4 is 17.6 Å². The number of rotatable bonds is 6. The van der Waals surface area contributed by atoms with Crippen molar-refractivity contribution in [3.05, 3.63) is 60.2 Å². The van der Waals surface area contributed by atoms with Crippen LogP contribution in [-0.2, 0) is 14.3 Å². The molecule has 0 bridgehead atoms. The Bertz CT molecular complexity index is 692. The maximum atomic E-state index is 13.3. The van der Waals surface area contributed by atoms with Crippen molar-refractivity contribution in [2.75, 3.05) is 18.5 Å². The Morgan fingerprint density at radius 2 is 1.74 bits per heavy atom. The lowest BCUT2D eigenvalue weighted by atomic mass is 10.3. The van der Waals surface area contributed by atoms with E-state index in [1.54, 1.807) is 30.3 Å². The molecule has 0 aliphatic carbocycles. The summed E-state index contributed by atoms with van der Waals surface area (Å²) in [6.45, 7) is -1.00. The minimum absolute atomic E-state index is 0.327. The van der Waals surface area contributed by atoms with Crippen LogP contribution in [0.2, 0.25) is 0 Å². The van der Waals surface area contributed by atoms with E-state index < -0.39 is 30.1 Å². The van der Waals surface area contributed by atoms with Gasteiger partial charge in [0.15, 0.2) is 13.2 Å².